The van der Waals surface area contributed by atoms with Crippen molar-refractivity contribution in [3.63, 3.8) is 0 Å². The van der Waals surface area contributed by atoms with E-state index >= 15 is 0 Å². The van der Waals surface area contributed by atoms with Gasteiger partial charge in [0.25, 0.3) is 5.91 Å². The number of carbonyl (C=O) groups is 2. The Labute approximate surface area is 202 Å². The maximum absolute atomic E-state index is 12.5. The minimum Gasteiger partial charge on any atom is -0.444 e. The number of piperazine rings is 1. The number of amides is 2. The molecule has 0 spiro atoms. The predicted octanol–water partition coefficient (Wildman–Crippen LogP) is 1.90. The lowest BCUT2D eigenvalue weighted by Crippen LogP contribution is -2.56. The van der Waals surface area contributed by atoms with Gasteiger partial charge in [-0.05, 0) is 46.5 Å². The number of ether oxygens (including phenoxy) is 2. The number of rotatable bonds is 5. The highest BCUT2D eigenvalue weighted by molar-refractivity contribution is 14.0. The van der Waals surface area contributed by atoms with E-state index in [1.807, 2.05) is 30.6 Å². The van der Waals surface area contributed by atoms with Crippen molar-refractivity contribution < 1.29 is 19.1 Å². The van der Waals surface area contributed by atoms with Crippen molar-refractivity contribution >= 4 is 41.9 Å². The van der Waals surface area contributed by atoms with Gasteiger partial charge in [-0.25, -0.2) is 4.79 Å². The van der Waals surface area contributed by atoms with Crippen molar-refractivity contribution in [3.8, 4) is 0 Å². The Balaban J connectivity index is 0.00000341. The summed E-state index contributed by atoms with van der Waals surface area (Å²) in [5.74, 6) is 0.923. The predicted molar refractivity (Wildman–Crippen MR) is 130 cm³/mol. The highest BCUT2D eigenvalue weighted by atomic mass is 127. The van der Waals surface area contributed by atoms with Crippen LogP contribution >= 0.6 is 24.0 Å². The zero-order valence-electron chi connectivity index (χ0n) is 19.3. The SMILES string of the molecule is CN=C(NCCN(C(=O)OC(C)(C)C)C1CC1)N1CCN(C(=O)C2CCCO2)CC1.I. The van der Waals surface area contributed by atoms with Crippen molar-refractivity contribution in [2.45, 2.75) is 64.2 Å². The number of halogens is 1. The van der Waals surface area contributed by atoms with Crippen LogP contribution in [-0.4, -0.2) is 103 Å². The molecular weight excluding hydrogens is 513 g/mol. The van der Waals surface area contributed by atoms with E-state index in [0.717, 1.165) is 44.7 Å². The minimum atomic E-state index is -0.492. The molecule has 31 heavy (non-hydrogen) atoms. The van der Waals surface area contributed by atoms with Crippen LogP contribution in [0.25, 0.3) is 0 Å². The molecule has 1 atom stereocenters. The van der Waals surface area contributed by atoms with E-state index in [4.69, 9.17) is 9.47 Å². The molecule has 2 amide bonds. The van der Waals surface area contributed by atoms with Gasteiger partial charge >= 0.3 is 6.09 Å². The number of carbonyl (C=O) groups excluding carboxylic acids is 2. The number of nitrogens with one attached hydrogen (secondary N) is 1. The number of hydrogen-bond donors (Lipinski definition) is 1. The van der Waals surface area contributed by atoms with E-state index in [-0.39, 0.29) is 48.1 Å². The van der Waals surface area contributed by atoms with E-state index in [2.05, 4.69) is 15.2 Å². The Bertz CT molecular complexity index is 636. The molecule has 9 nitrogen and oxygen atoms in total. The molecule has 1 N–H and O–H groups in total. The fourth-order valence-electron chi connectivity index (χ4n) is 3.86. The molecule has 10 heteroatoms. The molecule has 178 valence electrons. The quantitative estimate of drug-likeness (QED) is 0.319. The van der Waals surface area contributed by atoms with Gasteiger partial charge in [0.1, 0.15) is 11.7 Å². The second-order valence-corrected chi connectivity index (χ2v) is 9.19. The van der Waals surface area contributed by atoms with Crippen LogP contribution in [-0.2, 0) is 14.3 Å². The summed E-state index contributed by atoms with van der Waals surface area (Å²) < 4.78 is 11.1. The molecule has 2 saturated heterocycles. The van der Waals surface area contributed by atoms with Crippen LogP contribution in [0.5, 0.6) is 0 Å². The van der Waals surface area contributed by atoms with Crippen LogP contribution in [0.15, 0.2) is 4.99 Å². The third-order valence-corrected chi connectivity index (χ3v) is 5.56. The Hall–Kier alpha value is -1.30. The van der Waals surface area contributed by atoms with Crippen LogP contribution in [0.3, 0.4) is 0 Å². The summed E-state index contributed by atoms with van der Waals surface area (Å²) in [7, 11) is 1.76. The molecular formula is C21H38IN5O4. The molecule has 1 saturated carbocycles. The Morgan fingerprint density at radius 2 is 1.77 bits per heavy atom. The Morgan fingerprint density at radius 1 is 1.13 bits per heavy atom. The molecule has 2 aliphatic heterocycles. The fraction of sp³-hybridized carbons (Fsp3) is 0.857. The summed E-state index contributed by atoms with van der Waals surface area (Å²) in [5.41, 5.74) is -0.492. The zero-order valence-corrected chi connectivity index (χ0v) is 21.6. The van der Waals surface area contributed by atoms with Gasteiger partial charge in [0, 0.05) is 59.0 Å². The molecule has 1 unspecified atom stereocenters. The largest absolute Gasteiger partial charge is 0.444 e. The monoisotopic (exact) mass is 551 g/mol. The first-order chi connectivity index (χ1) is 14.3. The number of guanidine groups is 1. The van der Waals surface area contributed by atoms with Gasteiger partial charge in [-0.15, -0.1) is 24.0 Å². The summed E-state index contributed by atoms with van der Waals surface area (Å²) in [5, 5.41) is 3.37. The summed E-state index contributed by atoms with van der Waals surface area (Å²) in [6, 6.07) is 0.288. The van der Waals surface area contributed by atoms with Crippen LogP contribution in [0.4, 0.5) is 4.79 Å². The average Bonchev–Trinajstić information content (AvgIpc) is 3.38. The van der Waals surface area contributed by atoms with Gasteiger partial charge in [0.2, 0.25) is 0 Å². The van der Waals surface area contributed by atoms with E-state index in [1.165, 1.54) is 0 Å². The number of nitrogens with zero attached hydrogens (tertiary/aromatic N) is 4. The zero-order chi connectivity index (χ0) is 21.7. The Kier molecular flexibility index (Phi) is 9.66. The highest BCUT2D eigenvalue weighted by Crippen LogP contribution is 2.28. The van der Waals surface area contributed by atoms with Crippen LogP contribution in [0, 0.1) is 0 Å². The van der Waals surface area contributed by atoms with Crippen molar-refractivity contribution in [1.29, 1.82) is 0 Å². The van der Waals surface area contributed by atoms with Gasteiger partial charge in [-0.3, -0.25) is 9.79 Å². The number of hydrogen-bond acceptors (Lipinski definition) is 5. The maximum atomic E-state index is 12.5. The van der Waals surface area contributed by atoms with Crippen molar-refractivity contribution in [2.75, 3.05) is 52.9 Å². The lowest BCUT2D eigenvalue weighted by atomic mass is 10.2. The Morgan fingerprint density at radius 3 is 2.29 bits per heavy atom. The van der Waals surface area contributed by atoms with Crippen LogP contribution in [0.1, 0.15) is 46.5 Å². The average molecular weight is 551 g/mol. The first-order valence-electron chi connectivity index (χ1n) is 11.1. The molecule has 0 bridgehead atoms. The van der Waals surface area contributed by atoms with Gasteiger partial charge in [-0.2, -0.15) is 0 Å². The molecule has 0 aromatic rings. The molecule has 1 aliphatic carbocycles. The topological polar surface area (TPSA) is 86.7 Å². The first kappa shape index (κ1) is 26.0. The van der Waals surface area contributed by atoms with Crippen LogP contribution < -0.4 is 5.32 Å². The van der Waals surface area contributed by atoms with Gasteiger partial charge in [0.05, 0.1) is 0 Å². The standard InChI is InChI=1S/C21H37N5O4.HI/c1-21(2,3)30-20(28)26(16-7-8-16)10-9-23-19(22-4)25-13-11-24(12-14-25)18(27)17-6-5-15-29-17;/h16-17H,5-15H2,1-4H3,(H,22,23);1H. The first-order valence-corrected chi connectivity index (χ1v) is 11.1. The van der Waals surface area contributed by atoms with E-state index in [1.54, 1.807) is 7.05 Å². The normalized spacial score (nSPS) is 22.1. The summed E-state index contributed by atoms with van der Waals surface area (Å²) in [6.45, 7) is 10.4. The summed E-state index contributed by atoms with van der Waals surface area (Å²) in [4.78, 5) is 35.3. The molecule has 0 aromatic carbocycles. The number of aliphatic imine (C=N–C) groups is 1. The molecule has 2 heterocycles. The van der Waals surface area contributed by atoms with E-state index < -0.39 is 5.60 Å². The molecule has 0 aromatic heterocycles. The lowest BCUT2D eigenvalue weighted by Gasteiger charge is -2.37. The lowest BCUT2D eigenvalue weighted by molar-refractivity contribution is -0.142. The third-order valence-electron chi connectivity index (χ3n) is 5.56. The second kappa shape index (κ2) is 11.5. The van der Waals surface area contributed by atoms with Crippen LogP contribution in [0.2, 0.25) is 0 Å². The van der Waals surface area contributed by atoms with Crippen molar-refractivity contribution in [3.05, 3.63) is 0 Å². The summed E-state index contributed by atoms with van der Waals surface area (Å²) in [6.07, 6.45) is 3.37. The van der Waals surface area contributed by atoms with Crippen molar-refractivity contribution in [1.82, 2.24) is 20.0 Å². The van der Waals surface area contributed by atoms with E-state index in [9.17, 15) is 9.59 Å². The molecule has 3 aliphatic rings. The highest BCUT2D eigenvalue weighted by Gasteiger charge is 2.35. The molecule has 3 fully saturated rings. The van der Waals surface area contributed by atoms with Crippen molar-refractivity contribution in [2.24, 2.45) is 4.99 Å². The maximum Gasteiger partial charge on any atom is 0.410 e. The third kappa shape index (κ3) is 7.65. The smallest absolute Gasteiger partial charge is 0.410 e. The van der Waals surface area contributed by atoms with Gasteiger partial charge in [0.15, 0.2) is 5.96 Å². The van der Waals surface area contributed by atoms with Gasteiger partial charge in [-0.1, -0.05) is 0 Å². The second-order valence-electron chi connectivity index (χ2n) is 9.19. The van der Waals surface area contributed by atoms with E-state index in [0.29, 0.717) is 32.8 Å². The fourth-order valence-corrected chi connectivity index (χ4v) is 3.86. The molecule has 0 radical (unpaired) electrons. The molecule has 3 rings (SSSR count). The summed E-state index contributed by atoms with van der Waals surface area (Å²) >= 11 is 0. The minimum absolute atomic E-state index is 0. The van der Waals surface area contributed by atoms with Gasteiger partial charge < -0.3 is 29.5 Å².